The lowest BCUT2D eigenvalue weighted by Gasteiger charge is -2.36. The summed E-state index contributed by atoms with van der Waals surface area (Å²) < 4.78 is 31.5. The normalized spacial score (nSPS) is 21.9. The minimum atomic E-state index is -3.19. The first-order valence-electron chi connectivity index (χ1n) is 13.8. The van der Waals surface area contributed by atoms with Crippen LogP contribution in [0.4, 0.5) is 0 Å². The molecule has 1 aromatic carbocycles. The Kier molecular flexibility index (Phi) is 10.8. The fourth-order valence-corrected chi connectivity index (χ4v) is 6.27. The molecule has 0 saturated carbocycles. The second-order valence-corrected chi connectivity index (χ2v) is 13.1. The summed E-state index contributed by atoms with van der Waals surface area (Å²) in [5.41, 5.74) is 0.556. The molecular weight excluding hydrogens is 490 g/mol. The Hall–Kier alpha value is -2.13. The van der Waals surface area contributed by atoms with E-state index in [0.29, 0.717) is 69.3 Å². The standard InChI is InChI=1S/C28H45N3O5S/c1-22(2)19-24-21-36-26-12-8-7-11-25(26)28(33)29(3)15-9-5-6-10-16-31(24)27(32)20-23-13-17-30(18-14-23)37(4,34)35/h7-8,11-12,22-24H,5-6,9-10,13-21H2,1-4H3/t24-/m0/s1. The number of fused-ring (bicyclic) bond motifs is 1. The predicted octanol–water partition coefficient (Wildman–Crippen LogP) is 4.02. The van der Waals surface area contributed by atoms with Crippen molar-refractivity contribution in [2.45, 2.75) is 71.3 Å². The summed E-state index contributed by atoms with van der Waals surface area (Å²) in [6.07, 6.45) is 7.78. The van der Waals surface area contributed by atoms with Gasteiger partial charge in [0.1, 0.15) is 12.4 Å². The van der Waals surface area contributed by atoms with Gasteiger partial charge in [0.15, 0.2) is 0 Å². The van der Waals surface area contributed by atoms with Crippen molar-refractivity contribution in [3.8, 4) is 5.75 Å². The van der Waals surface area contributed by atoms with Crippen LogP contribution in [0.25, 0.3) is 0 Å². The van der Waals surface area contributed by atoms with Gasteiger partial charge in [0.25, 0.3) is 5.91 Å². The van der Waals surface area contributed by atoms with Crippen molar-refractivity contribution in [3.63, 3.8) is 0 Å². The molecule has 0 radical (unpaired) electrons. The Balaban J connectivity index is 1.78. The maximum atomic E-state index is 13.7. The highest BCUT2D eigenvalue weighted by Gasteiger charge is 2.31. The molecule has 2 aliphatic heterocycles. The van der Waals surface area contributed by atoms with E-state index in [1.807, 2.05) is 36.2 Å². The third-order valence-corrected chi connectivity index (χ3v) is 8.85. The molecule has 1 fully saturated rings. The molecule has 1 aromatic rings. The molecule has 1 saturated heterocycles. The van der Waals surface area contributed by atoms with E-state index in [0.717, 1.165) is 32.1 Å². The number of piperidine rings is 1. The number of ether oxygens (including phenoxy) is 1. The van der Waals surface area contributed by atoms with Gasteiger partial charge in [-0.3, -0.25) is 9.59 Å². The largest absolute Gasteiger partial charge is 0.491 e. The number of rotatable bonds is 5. The number of carbonyl (C=O) groups excluding carboxylic acids is 2. The van der Waals surface area contributed by atoms with Gasteiger partial charge in [-0.05, 0) is 56.1 Å². The number of hydrogen-bond acceptors (Lipinski definition) is 5. The topological polar surface area (TPSA) is 87.2 Å². The van der Waals surface area contributed by atoms with E-state index in [1.165, 1.54) is 10.6 Å². The Morgan fingerprint density at radius 1 is 1.03 bits per heavy atom. The molecule has 0 aromatic heterocycles. The number of carbonyl (C=O) groups is 2. The molecule has 2 aliphatic rings. The van der Waals surface area contributed by atoms with Crippen LogP contribution < -0.4 is 4.74 Å². The number of para-hydroxylation sites is 1. The summed E-state index contributed by atoms with van der Waals surface area (Å²) >= 11 is 0. The van der Waals surface area contributed by atoms with E-state index in [9.17, 15) is 18.0 Å². The number of amides is 2. The van der Waals surface area contributed by atoms with Gasteiger partial charge in [0, 0.05) is 39.6 Å². The van der Waals surface area contributed by atoms with E-state index >= 15 is 0 Å². The summed E-state index contributed by atoms with van der Waals surface area (Å²) in [5, 5.41) is 0. The van der Waals surface area contributed by atoms with Gasteiger partial charge in [0.05, 0.1) is 17.9 Å². The third-order valence-electron chi connectivity index (χ3n) is 7.55. The molecule has 37 heavy (non-hydrogen) atoms. The number of benzene rings is 1. The number of sulfonamides is 1. The first-order valence-corrected chi connectivity index (χ1v) is 15.6. The zero-order valence-corrected chi connectivity index (χ0v) is 23.8. The Bertz CT molecular complexity index is 1000. The van der Waals surface area contributed by atoms with Gasteiger partial charge in [-0.1, -0.05) is 38.8 Å². The van der Waals surface area contributed by atoms with Crippen LogP contribution in [0.3, 0.4) is 0 Å². The molecule has 0 bridgehead atoms. The summed E-state index contributed by atoms with van der Waals surface area (Å²) in [7, 11) is -1.35. The SMILES string of the molecule is CC(C)C[C@H]1COc2ccccc2C(=O)N(C)CCCCCCN1C(=O)CC1CCN(S(C)(=O)=O)CC1. The number of nitrogens with zero attached hydrogens (tertiary/aromatic N) is 3. The van der Waals surface area contributed by atoms with Crippen molar-refractivity contribution in [2.24, 2.45) is 11.8 Å². The van der Waals surface area contributed by atoms with Crippen molar-refractivity contribution < 1.29 is 22.7 Å². The lowest BCUT2D eigenvalue weighted by atomic mass is 9.93. The van der Waals surface area contributed by atoms with Crippen molar-refractivity contribution in [3.05, 3.63) is 29.8 Å². The van der Waals surface area contributed by atoms with Gasteiger partial charge < -0.3 is 14.5 Å². The molecule has 0 unspecified atom stereocenters. The number of hydrogen-bond donors (Lipinski definition) is 0. The molecule has 2 heterocycles. The maximum Gasteiger partial charge on any atom is 0.257 e. The quantitative estimate of drug-likeness (QED) is 0.569. The average Bonchev–Trinajstić information content (AvgIpc) is 2.85. The summed E-state index contributed by atoms with van der Waals surface area (Å²) in [6, 6.07) is 7.28. The summed E-state index contributed by atoms with van der Waals surface area (Å²) in [6.45, 7) is 6.99. The molecule has 0 aliphatic carbocycles. The van der Waals surface area contributed by atoms with Gasteiger partial charge in [0.2, 0.25) is 15.9 Å². The molecule has 2 amide bonds. The second-order valence-electron chi connectivity index (χ2n) is 11.1. The first-order chi connectivity index (χ1) is 17.6. The van der Waals surface area contributed by atoms with Crippen molar-refractivity contribution in [2.75, 3.05) is 46.1 Å². The third kappa shape index (κ3) is 8.70. The molecule has 1 atom stereocenters. The van der Waals surface area contributed by atoms with Gasteiger partial charge in [-0.2, -0.15) is 0 Å². The van der Waals surface area contributed by atoms with Gasteiger partial charge in [-0.15, -0.1) is 0 Å². The fraction of sp³-hybridized carbons (Fsp3) is 0.714. The minimum Gasteiger partial charge on any atom is -0.491 e. The van der Waals surface area contributed by atoms with Crippen molar-refractivity contribution in [1.29, 1.82) is 0 Å². The predicted molar refractivity (Wildman–Crippen MR) is 146 cm³/mol. The molecular formula is C28H45N3O5S. The van der Waals surface area contributed by atoms with E-state index in [2.05, 4.69) is 13.8 Å². The van der Waals surface area contributed by atoms with Gasteiger partial charge >= 0.3 is 0 Å². The first kappa shape index (κ1) is 29.4. The Morgan fingerprint density at radius 2 is 1.68 bits per heavy atom. The zero-order valence-electron chi connectivity index (χ0n) is 23.0. The van der Waals surface area contributed by atoms with E-state index < -0.39 is 10.0 Å². The minimum absolute atomic E-state index is 0.0403. The second kappa shape index (κ2) is 13.6. The fourth-order valence-electron chi connectivity index (χ4n) is 5.40. The Labute approximate surface area is 223 Å². The molecule has 9 heteroatoms. The molecule has 208 valence electrons. The van der Waals surface area contributed by atoms with E-state index in [4.69, 9.17) is 4.74 Å². The van der Waals surface area contributed by atoms with Crippen LogP contribution in [0.5, 0.6) is 5.75 Å². The monoisotopic (exact) mass is 535 g/mol. The van der Waals surface area contributed by atoms with Crippen LogP contribution in [0, 0.1) is 11.8 Å². The Morgan fingerprint density at radius 3 is 2.32 bits per heavy atom. The molecule has 3 rings (SSSR count). The molecule has 0 N–H and O–H groups in total. The van der Waals surface area contributed by atoms with E-state index in [1.54, 1.807) is 4.90 Å². The van der Waals surface area contributed by atoms with Gasteiger partial charge in [-0.25, -0.2) is 12.7 Å². The zero-order chi connectivity index (χ0) is 27.0. The lowest BCUT2D eigenvalue weighted by Crippen LogP contribution is -2.46. The van der Waals surface area contributed by atoms with Crippen LogP contribution in [-0.2, 0) is 14.8 Å². The van der Waals surface area contributed by atoms with Crippen LogP contribution >= 0.6 is 0 Å². The smallest absolute Gasteiger partial charge is 0.257 e. The van der Waals surface area contributed by atoms with Crippen molar-refractivity contribution in [1.82, 2.24) is 14.1 Å². The van der Waals surface area contributed by atoms with Crippen molar-refractivity contribution >= 4 is 21.8 Å². The van der Waals surface area contributed by atoms with Crippen LogP contribution in [0.15, 0.2) is 24.3 Å². The summed E-state index contributed by atoms with van der Waals surface area (Å²) in [5.74, 6) is 1.22. The highest BCUT2D eigenvalue weighted by Crippen LogP contribution is 2.26. The molecule has 0 spiro atoms. The van der Waals surface area contributed by atoms with Crippen LogP contribution in [0.2, 0.25) is 0 Å². The van der Waals surface area contributed by atoms with E-state index in [-0.39, 0.29) is 23.8 Å². The summed E-state index contributed by atoms with van der Waals surface area (Å²) in [4.78, 5) is 30.6. The lowest BCUT2D eigenvalue weighted by molar-refractivity contribution is -0.136. The molecule has 8 nitrogen and oxygen atoms in total. The van der Waals surface area contributed by atoms with Crippen LogP contribution in [-0.4, -0.2) is 86.5 Å². The maximum absolute atomic E-state index is 13.7. The highest BCUT2D eigenvalue weighted by atomic mass is 32.2. The average molecular weight is 536 g/mol. The van der Waals surface area contributed by atoms with Crippen LogP contribution in [0.1, 0.15) is 75.6 Å². The highest BCUT2D eigenvalue weighted by molar-refractivity contribution is 7.88.